The molecule has 0 radical (unpaired) electrons. The van der Waals surface area contributed by atoms with Crippen LogP contribution in [0, 0.1) is 0 Å². The van der Waals surface area contributed by atoms with E-state index in [9.17, 15) is 4.79 Å². The van der Waals surface area contributed by atoms with Crippen molar-refractivity contribution in [3.63, 3.8) is 0 Å². The van der Waals surface area contributed by atoms with Crippen molar-refractivity contribution >= 4 is 30.5 Å². The Morgan fingerprint density at radius 2 is 2.00 bits per heavy atom. The van der Waals surface area contributed by atoms with Crippen LogP contribution in [0.3, 0.4) is 0 Å². The van der Waals surface area contributed by atoms with Gasteiger partial charge in [0.1, 0.15) is 0 Å². The van der Waals surface area contributed by atoms with Gasteiger partial charge in [0.05, 0.1) is 0 Å². The van der Waals surface area contributed by atoms with E-state index >= 15 is 0 Å². The van der Waals surface area contributed by atoms with E-state index in [-0.39, 0.29) is 0 Å². The molecule has 13 heavy (non-hydrogen) atoms. The van der Waals surface area contributed by atoms with Crippen molar-refractivity contribution in [1.29, 1.82) is 0 Å². The number of aliphatic carboxylic acids is 1. The zero-order valence-electron chi connectivity index (χ0n) is 7.23. The van der Waals surface area contributed by atoms with Gasteiger partial charge in [-0.1, -0.05) is 0 Å². The second-order valence-electron chi connectivity index (χ2n) is 2.51. The summed E-state index contributed by atoms with van der Waals surface area (Å²) in [7, 11) is 0. The summed E-state index contributed by atoms with van der Waals surface area (Å²) in [6.45, 7) is 1.88. The summed E-state index contributed by atoms with van der Waals surface area (Å²) in [5.74, 6) is -0.849. The molecular weight excluding hydrogens is 280 g/mol. The topological polar surface area (TPSA) is 37.3 Å². The molecule has 0 aliphatic rings. The SMILES string of the molecule is C/C(=C/C(=O)O)[Te]c1ccccc1. The van der Waals surface area contributed by atoms with Crippen LogP contribution in [0.5, 0.6) is 0 Å². The average Bonchev–Trinajstić information content (AvgIpc) is 2.04. The van der Waals surface area contributed by atoms with Crippen LogP contribution in [0.2, 0.25) is 0 Å². The number of allylic oxidation sites excluding steroid dienone is 1. The fraction of sp³-hybridized carbons (Fsp3) is 0.100. The summed E-state index contributed by atoms with van der Waals surface area (Å²) in [5.41, 5.74) is 0. The zero-order chi connectivity index (χ0) is 9.68. The van der Waals surface area contributed by atoms with Crippen LogP contribution in [-0.4, -0.2) is 32.0 Å². The summed E-state index contributed by atoms with van der Waals surface area (Å²) < 4.78 is 2.26. The molecule has 0 aliphatic carbocycles. The first-order chi connectivity index (χ1) is 6.18. The third-order valence-corrected chi connectivity index (χ3v) is 4.05. The summed E-state index contributed by atoms with van der Waals surface area (Å²) in [6, 6.07) is 10.0. The van der Waals surface area contributed by atoms with Gasteiger partial charge in [0.25, 0.3) is 0 Å². The molecule has 0 aliphatic heterocycles. The molecule has 2 nitrogen and oxygen atoms in total. The van der Waals surface area contributed by atoms with E-state index < -0.39 is 26.9 Å². The van der Waals surface area contributed by atoms with Crippen molar-refractivity contribution < 1.29 is 9.90 Å². The summed E-state index contributed by atoms with van der Waals surface area (Å²) in [5, 5.41) is 8.51. The van der Waals surface area contributed by atoms with Gasteiger partial charge in [-0.05, 0) is 0 Å². The first-order valence-corrected chi connectivity index (χ1v) is 6.15. The Kier molecular flexibility index (Phi) is 4.01. The number of carbonyl (C=O) groups is 1. The van der Waals surface area contributed by atoms with E-state index in [1.54, 1.807) is 0 Å². The molecule has 0 atom stereocenters. The standard InChI is InChI=1S/C10H10O2Te/c1-8(7-10(11)12)13-9-5-3-2-4-6-9/h2-7H,1H3,(H,11,12)/b8-7-. The van der Waals surface area contributed by atoms with Gasteiger partial charge in [0.15, 0.2) is 0 Å². The monoisotopic (exact) mass is 292 g/mol. The van der Waals surface area contributed by atoms with Crippen LogP contribution in [0.15, 0.2) is 40.0 Å². The van der Waals surface area contributed by atoms with Crippen LogP contribution in [0.4, 0.5) is 0 Å². The first kappa shape index (κ1) is 10.3. The van der Waals surface area contributed by atoms with E-state index in [1.165, 1.54) is 9.69 Å². The van der Waals surface area contributed by atoms with Crippen LogP contribution in [0.25, 0.3) is 0 Å². The molecule has 0 saturated carbocycles. The van der Waals surface area contributed by atoms with Gasteiger partial charge in [-0.15, -0.1) is 0 Å². The van der Waals surface area contributed by atoms with Crippen molar-refractivity contribution in [2.24, 2.45) is 0 Å². The van der Waals surface area contributed by atoms with Crippen molar-refractivity contribution in [1.82, 2.24) is 0 Å². The number of carboxylic acid groups (broad SMARTS) is 1. The van der Waals surface area contributed by atoms with Crippen LogP contribution >= 0.6 is 0 Å². The fourth-order valence-electron chi connectivity index (χ4n) is 0.878. The number of hydrogen-bond donors (Lipinski definition) is 1. The van der Waals surface area contributed by atoms with Gasteiger partial charge < -0.3 is 0 Å². The van der Waals surface area contributed by atoms with Gasteiger partial charge in [-0.3, -0.25) is 0 Å². The van der Waals surface area contributed by atoms with E-state index in [4.69, 9.17) is 5.11 Å². The predicted molar refractivity (Wildman–Crippen MR) is 53.2 cm³/mol. The van der Waals surface area contributed by atoms with Crippen molar-refractivity contribution in [3.8, 4) is 0 Å². The molecule has 3 heteroatoms. The number of benzene rings is 1. The van der Waals surface area contributed by atoms with Crippen molar-refractivity contribution in [2.45, 2.75) is 6.92 Å². The van der Waals surface area contributed by atoms with Gasteiger partial charge in [0.2, 0.25) is 0 Å². The van der Waals surface area contributed by atoms with Crippen LogP contribution in [0.1, 0.15) is 6.92 Å². The van der Waals surface area contributed by atoms with Gasteiger partial charge in [0, 0.05) is 0 Å². The number of hydrogen-bond acceptors (Lipinski definition) is 1. The van der Waals surface area contributed by atoms with E-state index in [2.05, 4.69) is 0 Å². The molecule has 68 valence electrons. The number of carboxylic acids is 1. The molecule has 1 rings (SSSR count). The third-order valence-electron chi connectivity index (χ3n) is 1.35. The van der Waals surface area contributed by atoms with Gasteiger partial charge >= 0.3 is 87.4 Å². The Balaban J connectivity index is 2.65. The Hall–Kier alpha value is -0.780. The molecule has 1 aromatic carbocycles. The molecule has 0 heterocycles. The summed E-state index contributed by atoms with van der Waals surface area (Å²) in [4.78, 5) is 10.3. The van der Waals surface area contributed by atoms with Crippen molar-refractivity contribution in [3.05, 3.63) is 40.0 Å². The quantitative estimate of drug-likeness (QED) is 0.666. The maximum absolute atomic E-state index is 10.3. The number of rotatable bonds is 3. The second kappa shape index (κ2) is 5.06. The molecule has 1 aromatic rings. The summed E-state index contributed by atoms with van der Waals surface area (Å²) >= 11 is -0.469. The molecule has 0 spiro atoms. The Bertz CT molecular complexity index is 317. The Labute approximate surface area is 87.4 Å². The molecule has 0 aromatic heterocycles. The fourth-order valence-corrected chi connectivity index (χ4v) is 3.23. The van der Waals surface area contributed by atoms with Crippen LogP contribution < -0.4 is 3.61 Å². The average molecular weight is 290 g/mol. The molecule has 0 unspecified atom stereocenters. The minimum absolute atomic E-state index is 0.469. The predicted octanol–water partition coefficient (Wildman–Crippen LogP) is 1.00. The minimum atomic E-state index is -0.849. The van der Waals surface area contributed by atoms with E-state index in [0.29, 0.717) is 0 Å². The van der Waals surface area contributed by atoms with Crippen molar-refractivity contribution in [2.75, 3.05) is 0 Å². The normalized spacial score (nSPS) is 11.3. The molecular formula is C10H10O2Te. The Morgan fingerprint density at radius 1 is 1.38 bits per heavy atom. The summed E-state index contributed by atoms with van der Waals surface area (Å²) in [6.07, 6.45) is 1.30. The van der Waals surface area contributed by atoms with Crippen LogP contribution in [-0.2, 0) is 4.79 Å². The van der Waals surface area contributed by atoms with E-state index in [1.807, 2.05) is 37.3 Å². The molecule has 0 amide bonds. The van der Waals surface area contributed by atoms with Gasteiger partial charge in [-0.25, -0.2) is 0 Å². The zero-order valence-corrected chi connectivity index (χ0v) is 9.56. The molecule has 0 bridgehead atoms. The first-order valence-electron chi connectivity index (χ1n) is 3.82. The third kappa shape index (κ3) is 4.12. The van der Waals surface area contributed by atoms with E-state index in [0.717, 1.165) is 3.62 Å². The maximum atomic E-state index is 10.3. The van der Waals surface area contributed by atoms with Gasteiger partial charge in [-0.2, -0.15) is 0 Å². The molecule has 1 N–H and O–H groups in total. The molecule has 0 fully saturated rings. The Morgan fingerprint density at radius 3 is 2.54 bits per heavy atom. The second-order valence-corrected chi connectivity index (χ2v) is 6.27. The molecule has 0 saturated heterocycles.